The van der Waals surface area contributed by atoms with E-state index in [2.05, 4.69) is 34.4 Å². The van der Waals surface area contributed by atoms with Crippen molar-refractivity contribution in [2.75, 3.05) is 14.1 Å². The van der Waals surface area contributed by atoms with Crippen molar-refractivity contribution in [3.05, 3.63) is 0 Å². The lowest BCUT2D eigenvalue weighted by Gasteiger charge is -1.93. The summed E-state index contributed by atoms with van der Waals surface area (Å²) in [4.78, 5) is 37.9. The molecule has 0 unspecified atom stereocenters. The zero-order valence-electron chi connectivity index (χ0n) is 9.62. The highest BCUT2D eigenvalue weighted by atomic mass is 16.2. The fourth-order valence-electron chi connectivity index (χ4n) is 0. The van der Waals surface area contributed by atoms with Crippen LogP contribution in [0.1, 0.15) is 0 Å². The molecule has 0 atom stereocenters. The molecule has 0 heterocycles. The first-order valence-electron chi connectivity index (χ1n) is 3.73. The van der Waals surface area contributed by atoms with E-state index >= 15 is 0 Å². The molecule has 0 aromatic heterocycles. The van der Waals surface area contributed by atoms with Crippen LogP contribution in [0.15, 0.2) is 0 Å². The molecule has 0 aliphatic heterocycles. The van der Waals surface area contributed by atoms with Gasteiger partial charge in [-0.05, 0) is 0 Å². The summed E-state index contributed by atoms with van der Waals surface area (Å²) in [5.74, 6) is 0. The third-order valence-corrected chi connectivity index (χ3v) is 0.211. The van der Waals surface area contributed by atoms with E-state index in [1.54, 1.807) is 14.1 Å². The number of urea groups is 3. The van der Waals surface area contributed by atoms with Gasteiger partial charge in [0.1, 0.15) is 0 Å². The summed E-state index contributed by atoms with van der Waals surface area (Å²) < 4.78 is 0. The minimum atomic E-state index is -0.833. The Hall–Kier alpha value is -2.72. The standard InChI is InChI=1S/C3H7NO.3CH4N2O/c1-4(2)3-5;3*2-1(3)4/h3H,1-2H3;3*(H4,2,3,4). The maximum absolute atomic E-state index is 9.43. The fraction of sp³-hybridized carbons (Fsp3) is 0.333. The van der Waals surface area contributed by atoms with E-state index < -0.39 is 18.1 Å². The normalized spacial score (nSPS) is 6.24. The van der Waals surface area contributed by atoms with Gasteiger partial charge in [-0.2, -0.15) is 0 Å². The van der Waals surface area contributed by atoms with E-state index in [0.29, 0.717) is 0 Å². The zero-order valence-corrected chi connectivity index (χ0v) is 9.62. The Morgan fingerprint density at radius 3 is 0.824 bits per heavy atom. The summed E-state index contributed by atoms with van der Waals surface area (Å²) in [6, 6.07) is -2.50. The highest BCUT2D eigenvalue weighted by Crippen LogP contribution is 1.52. The van der Waals surface area contributed by atoms with Gasteiger partial charge in [0, 0.05) is 14.1 Å². The summed E-state index contributed by atoms with van der Waals surface area (Å²) in [5, 5.41) is 0. The monoisotopic (exact) mass is 253 g/mol. The fourth-order valence-corrected chi connectivity index (χ4v) is 0. The number of nitrogens with zero attached hydrogens (tertiary/aromatic N) is 1. The minimum absolute atomic E-state index is 0.750. The number of hydrogen-bond donors (Lipinski definition) is 6. The number of nitrogens with two attached hydrogens (primary N) is 6. The molecule has 102 valence electrons. The van der Waals surface area contributed by atoms with Crippen molar-refractivity contribution >= 4 is 24.5 Å². The van der Waals surface area contributed by atoms with E-state index in [-0.39, 0.29) is 0 Å². The number of hydrogen-bond acceptors (Lipinski definition) is 4. The molecule has 7 amide bonds. The van der Waals surface area contributed by atoms with Crippen molar-refractivity contribution in [2.45, 2.75) is 0 Å². The van der Waals surface area contributed by atoms with Gasteiger partial charge in [-0.15, -0.1) is 0 Å². The quantitative estimate of drug-likeness (QED) is 0.264. The van der Waals surface area contributed by atoms with Gasteiger partial charge in [0.2, 0.25) is 6.41 Å². The first-order valence-corrected chi connectivity index (χ1v) is 3.73. The maximum atomic E-state index is 9.43. The van der Waals surface area contributed by atoms with Crippen LogP contribution in [0.25, 0.3) is 0 Å². The topological polar surface area (TPSA) is 228 Å². The largest absolute Gasteiger partial charge is 0.352 e. The summed E-state index contributed by atoms with van der Waals surface area (Å²) >= 11 is 0. The van der Waals surface area contributed by atoms with Crippen molar-refractivity contribution < 1.29 is 19.2 Å². The highest BCUT2D eigenvalue weighted by molar-refractivity contribution is 5.69. The van der Waals surface area contributed by atoms with Crippen molar-refractivity contribution in [1.29, 1.82) is 0 Å². The van der Waals surface area contributed by atoms with Gasteiger partial charge < -0.3 is 39.3 Å². The van der Waals surface area contributed by atoms with Crippen LogP contribution in [0.2, 0.25) is 0 Å². The molecule has 11 heteroatoms. The van der Waals surface area contributed by atoms with E-state index in [9.17, 15) is 4.79 Å². The number of carbonyl (C=O) groups is 4. The molecular weight excluding hydrogens is 234 g/mol. The summed E-state index contributed by atoms with van der Waals surface area (Å²) in [7, 11) is 3.38. The number of rotatable bonds is 1. The molecule has 0 aromatic rings. The molecule has 0 rings (SSSR count). The van der Waals surface area contributed by atoms with Crippen LogP contribution < -0.4 is 34.4 Å². The van der Waals surface area contributed by atoms with Crippen molar-refractivity contribution in [2.24, 2.45) is 34.4 Å². The Kier molecular flexibility index (Phi) is 26.6. The predicted molar refractivity (Wildman–Crippen MR) is 61.1 cm³/mol. The van der Waals surface area contributed by atoms with Gasteiger partial charge >= 0.3 is 18.1 Å². The van der Waals surface area contributed by atoms with Crippen LogP contribution >= 0.6 is 0 Å². The molecule has 0 saturated heterocycles. The second-order valence-corrected chi connectivity index (χ2v) is 2.28. The van der Waals surface area contributed by atoms with Gasteiger partial charge in [-0.1, -0.05) is 0 Å². The van der Waals surface area contributed by atoms with Crippen LogP contribution in [0.5, 0.6) is 0 Å². The molecule has 0 aliphatic carbocycles. The van der Waals surface area contributed by atoms with Crippen LogP contribution in [-0.4, -0.2) is 43.5 Å². The molecule has 17 heavy (non-hydrogen) atoms. The summed E-state index contributed by atoms with van der Waals surface area (Å²) in [6.45, 7) is 0. The molecule has 0 aromatic carbocycles. The van der Waals surface area contributed by atoms with E-state index in [1.807, 2.05) is 0 Å². The Balaban J connectivity index is -0.0000000667. The lowest BCUT2D eigenvalue weighted by Crippen LogP contribution is -2.18. The van der Waals surface area contributed by atoms with Gasteiger partial charge in [0.15, 0.2) is 0 Å². The van der Waals surface area contributed by atoms with Gasteiger partial charge in [0.25, 0.3) is 0 Å². The summed E-state index contributed by atoms with van der Waals surface area (Å²) in [5.41, 5.74) is 25.5. The van der Waals surface area contributed by atoms with Crippen LogP contribution in [0, 0.1) is 0 Å². The molecule has 12 N–H and O–H groups in total. The van der Waals surface area contributed by atoms with Crippen LogP contribution in [0.4, 0.5) is 14.4 Å². The van der Waals surface area contributed by atoms with Crippen LogP contribution in [-0.2, 0) is 4.79 Å². The van der Waals surface area contributed by atoms with E-state index in [0.717, 1.165) is 6.41 Å². The molecule has 0 saturated carbocycles. The summed E-state index contributed by atoms with van der Waals surface area (Å²) in [6.07, 6.45) is 0.750. The zero-order chi connectivity index (χ0) is 15.0. The van der Waals surface area contributed by atoms with Gasteiger partial charge in [-0.25, -0.2) is 14.4 Å². The van der Waals surface area contributed by atoms with Crippen molar-refractivity contribution in [1.82, 2.24) is 4.90 Å². The molecule has 0 aliphatic rings. The molecule has 11 nitrogen and oxygen atoms in total. The molecule has 0 bridgehead atoms. The van der Waals surface area contributed by atoms with Crippen molar-refractivity contribution in [3.63, 3.8) is 0 Å². The Bertz CT molecular complexity index is 190. The maximum Gasteiger partial charge on any atom is 0.309 e. The third kappa shape index (κ3) is 3260. The lowest BCUT2D eigenvalue weighted by molar-refractivity contribution is -0.115. The SMILES string of the molecule is CN(C)C=O.NC(N)=O.NC(N)=O.NC(N)=O. The first kappa shape index (κ1) is 23.8. The second kappa shape index (κ2) is 18.9. The average molecular weight is 253 g/mol. The van der Waals surface area contributed by atoms with Crippen molar-refractivity contribution in [3.8, 4) is 0 Å². The lowest BCUT2D eigenvalue weighted by atomic mass is 11.0. The number of amides is 7. The minimum Gasteiger partial charge on any atom is -0.352 e. The Labute approximate surface area is 98.0 Å². The third-order valence-electron chi connectivity index (χ3n) is 0.211. The number of carbonyl (C=O) groups excluding carboxylic acids is 4. The second-order valence-electron chi connectivity index (χ2n) is 2.28. The Morgan fingerprint density at radius 1 is 0.765 bits per heavy atom. The first-order chi connectivity index (χ1) is 7.47. The van der Waals surface area contributed by atoms with E-state index in [1.165, 1.54) is 4.90 Å². The molecule has 0 radical (unpaired) electrons. The van der Waals surface area contributed by atoms with Gasteiger partial charge in [-0.3, -0.25) is 4.79 Å². The average Bonchev–Trinajstić information content (AvgIpc) is 2.00. The molecular formula is C6H19N7O4. The van der Waals surface area contributed by atoms with E-state index in [4.69, 9.17) is 14.4 Å². The smallest absolute Gasteiger partial charge is 0.309 e. The number of primary amides is 6. The predicted octanol–water partition coefficient (Wildman–Crippen LogP) is -3.22. The Morgan fingerprint density at radius 2 is 0.824 bits per heavy atom. The molecule has 0 fully saturated rings. The van der Waals surface area contributed by atoms with Gasteiger partial charge in [0.05, 0.1) is 0 Å². The van der Waals surface area contributed by atoms with Crippen LogP contribution in [0.3, 0.4) is 0 Å². The molecule has 0 spiro atoms. The highest BCUT2D eigenvalue weighted by Gasteiger charge is 1.68.